The zero-order valence-electron chi connectivity index (χ0n) is 28.0. The molecule has 0 saturated heterocycles. The number of hydrogen-bond donors (Lipinski definition) is 0. The Hall–Kier alpha value is -0.0231. The lowest BCUT2D eigenvalue weighted by atomic mass is 9.93. The molecule has 8 heteroatoms. The molecule has 40 heavy (non-hydrogen) atoms. The fourth-order valence-electron chi connectivity index (χ4n) is 6.40. The van der Waals surface area contributed by atoms with E-state index in [-0.39, 0.29) is 35.5 Å². The molecule has 0 aromatic rings. The smallest absolute Gasteiger partial charge is 0.283 e. The second-order valence-electron chi connectivity index (χ2n) is 11.6. The van der Waals surface area contributed by atoms with Gasteiger partial charge in [-0.1, -0.05) is 85.7 Å². The molecule has 6 nitrogen and oxygen atoms in total. The third kappa shape index (κ3) is 10.3. The Labute approximate surface area is 253 Å². The Morgan fingerprint density at radius 2 is 1.20 bits per heavy atom. The summed E-state index contributed by atoms with van der Waals surface area (Å²) in [6.45, 7) is 24.0. The summed E-state index contributed by atoms with van der Waals surface area (Å²) in [7, 11) is -2.82. The van der Waals surface area contributed by atoms with Crippen molar-refractivity contribution in [1.82, 2.24) is 0 Å². The fourth-order valence-corrected chi connectivity index (χ4v) is 11.9. The van der Waals surface area contributed by atoms with Crippen molar-refractivity contribution in [3.8, 4) is 0 Å². The average Bonchev–Trinajstić information content (AvgIpc) is 2.90. The van der Waals surface area contributed by atoms with Crippen molar-refractivity contribution in [3.05, 3.63) is 0 Å². The Morgan fingerprint density at radius 3 is 1.60 bits per heavy atom. The summed E-state index contributed by atoms with van der Waals surface area (Å²) in [4.78, 5) is 15.2. The van der Waals surface area contributed by atoms with Gasteiger partial charge in [0.25, 0.3) is 11.6 Å². The van der Waals surface area contributed by atoms with E-state index in [4.69, 9.17) is 35.3 Å². The lowest BCUT2D eigenvalue weighted by Crippen LogP contribution is -2.75. The Bertz CT molecular complexity index is 647. The third-order valence-electron chi connectivity index (χ3n) is 7.95. The highest BCUT2D eigenvalue weighted by molar-refractivity contribution is 7.06. The number of alkyl halides is 1. The molecule has 0 radical (unpaired) electrons. The van der Waals surface area contributed by atoms with Crippen LogP contribution < -0.4 is 0 Å². The molecule has 0 rings (SSSR count). The number of hydrogen-bond acceptors (Lipinski definition) is 6. The monoisotopic (exact) mass is 608 g/mol. The summed E-state index contributed by atoms with van der Waals surface area (Å²) >= 11 is 6.95. The molecule has 3 unspecified atom stereocenters. The lowest BCUT2D eigenvalue weighted by molar-refractivity contribution is -0.414. The van der Waals surface area contributed by atoms with Crippen molar-refractivity contribution in [3.63, 3.8) is 0 Å². The molecule has 0 aliphatic rings. The van der Waals surface area contributed by atoms with Gasteiger partial charge < -0.3 is 23.7 Å². The number of carbonyl (C=O) groups is 1. The molecule has 3 atom stereocenters. The van der Waals surface area contributed by atoms with Crippen molar-refractivity contribution >= 4 is 25.1 Å². The SMILES string of the molecule is CCCCCCCCCC(OCC)C(OCC)(OCC)C(OCC)(OCC)C(=O)[Si](C)(C)C(C(C)C)C(Cl)CC. The van der Waals surface area contributed by atoms with Crippen LogP contribution in [0.5, 0.6) is 0 Å². The van der Waals surface area contributed by atoms with E-state index in [0.717, 1.165) is 19.3 Å². The van der Waals surface area contributed by atoms with Gasteiger partial charge in [0.15, 0.2) is 5.41 Å². The molecule has 0 heterocycles. The van der Waals surface area contributed by atoms with Crippen LogP contribution in [0.2, 0.25) is 18.6 Å². The van der Waals surface area contributed by atoms with Crippen LogP contribution in [0.3, 0.4) is 0 Å². The second kappa shape index (κ2) is 20.8. The first kappa shape index (κ1) is 40.0. The van der Waals surface area contributed by atoms with Crippen LogP contribution >= 0.6 is 11.6 Å². The topological polar surface area (TPSA) is 63.2 Å². The Balaban J connectivity index is 6.95. The van der Waals surface area contributed by atoms with Gasteiger partial charge in [0.2, 0.25) is 0 Å². The van der Waals surface area contributed by atoms with Crippen molar-refractivity contribution in [2.45, 2.75) is 162 Å². The van der Waals surface area contributed by atoms with E-state index in [1.54, 1.807) is 0 Å². The summed E-state index contributed by atoms with van der Waals surface area (Å²) in [5, 5.41) is -0.205. The summed E-state index contributed by atoms with van der Waals surface area (Å²) in [6, 6.07) is 0. The minimum Gasteiger partial charge on any atom is -0.373 e. The molecule has 0 aliphatic carbocycles. The van der Waals surface area contributed by atoms with E-state index in [1.807, 2.05) is 34.6 Å². The lowest BCUT2D eigenvalue weighted by Gasteiger charge is -2.53. The first-order chi connectivity index (χ1) is 19.0. The maximum atomic E-state index is 15.2. The molecule has 0 amide bonds. The van der Waals surface area contributed by atoms with Crippen molar-refractivity contribution < 1.29 is 28.5 Å². The van der Waals surface area contributed by atoms with E-state index in [2.05, 4.69) is 40.8 Å². The Kier molecular flexibility index (Phi) is 20.8. The first-order valence-electron chi connectivity index (χ1n) is 16.3. The van der Waals surface area contributed by atoms with Crippen molar-refractivity contribution in [2.24, 2.45) is 5.92 Å². The van der Waals surface area contributed by atoms with Gasteiger partial charge in [-0.15, -0.1) is 11.6 Å². The third-order valence-corrected chi connectivity index (χ3v) is 13.0. The van der Waals surface area contributed by atoms with E-state index in [1.165, 1.54) is 32.1 Å². The van der Waals surface area contributed by atoms with Gasteiger partial charge in [-0.2, -0.15) is 0 Å². The molecule has 0 aromatic carbocycles. The first-order valence-corrected chi connectivity index (χ1v) is 19.8. The fraction of sp³-hybridized carbons (Fsp3) is 0.969. The number of unbranched alkanes of at least 4 members (excludes halogenated alkanes) is 6. The molecule has 0 N–H and O–H groups in total. The minimum atomic E-state index is -2.82. The maximum absolute atomic E-state index is 15.2. The van der Waals surface area contributed by atoms with Gasteiger partial charge in [0, 0.05) is 38.4 Å². The molecule has 0 bridgehead atoms. The molecule has 0 aliphatic heterocycles. The average molecular weight is 609 g/mol. The molecule has 0 fully saturated rings. The van der Waals surface area contributed by atoms with Crippen LogP contribution in [-0.2, 0) is 28.5 Å². The van der Waals surface area contributed by atoms with E-state index >= 15 is 4.79 Å². The quantitative estimate of drug-likeness (QED) is 0.0423. The van der Waals surface area contributed by atoms with Crippen molar-refractivity contribution in [1.29, 1.82) is 0 Å². The summed E-state index contributed by atoms with van der Waals surface area (Å²) < 4.78 is 32.6. The largest absolute Gasteiger partial charge is 0.373 e. The van der Waals surface area contributed by atoms with Gasteiger partial charge in [-0.3, -0.25) is 4.79 Å². The van der Waals surface area contributed by atoms with Gasteiger partial charge in [-0.05, 0) is 58.9 Å². The zero-order valence-corrected chi connectivity index (χ0v) is 29.8. The number of halogens is 1. The Morgan fingerprint density at radius 1 is 0.725 bits per heavy atom. The summed E-state index contributed by atoms with van der Waals surface area (Å²) in [6.07, 6.45) is 9.16. The van der Waals surface area contributed by atoms with Crippen LogP contribution in [-0.4, -0.2) is 69.6 Å². The normalized spacial score (nSPS) is 15.4. The van der Waals surface area contributed by atoms with Crippen molar-refractivity contribution in [2.75, 3.05) is 33.0 Å². The van der Waals surface area contributed by atoms with Gasteiger partial charge in [0.05, 0.1) is 0 Å². The van der Waals surface area contributed by atoms with Crippen LogP contribution in [0.25, 0.3) is 0 Å². The van der Waals surface area contributed by atoms with Crippen LogP contribution in [0.4, 0.5) is 0 Å². The van der Waals surface area contributed by atoms with Gasteiger partial charge in [-0.25, -0.2) is 0 Å². The molecule has 0 aromatic heterocycles. The van der Waals surface area contributed by atoms with Crippen LogP contribution in [0.1, 0.15) is 120 Å². The second-order valence-corrected chi connectivity index (χ2v) is 16.7. The molecular formula is C32H65ClO6Si. The standard InChI is InChI=1S/C32H65ClO6Si/c1-12-19-20-21-22-23-24-25-28(35-14-3)31(36-15-4,37-16-5)32(38-17-6,39-18-7)30(34)40(10,11)29(26(8)9)27(33)13-2/h26-29H,12-25H2,1-11H3. The molecule has 240 valence electrons. The minimum absolute atomic E-state index is 0.0153. The highest BCUT2D eigenvalue weighted by Crippen LogP contribution is 2.46. The van der Waals surface area contributed by atoms with E-state index < -0.39 is 25.8 Å². The number of rotatable bonds is 26. The van der Waals surface area contributed by atoms with Gasteiger partial charge >= 0.3 is 0 Å². The predicted octanol–water partition coefficient (Wildman–Crippen LogP) is 8.93. The van der Waals surface area contributed by atoms with Gasteiger partial charge in [0.1, 0.15) is 14.2 Å². The number of ether oxygens (including phenoxy) is 5. The van der Waals surface area contributed by atoms with Crippen LogP contribution in [0.15, 0.2) is 0 Å². The van der Waals surface area contributed by atoms with Crippen LogP contribution in [0, 0.1) is 5.92 Å². The van der Waals surface area contributed by atoms with E-state index in [9.17, 15) is 0 Å². The molecule has 0 saturated carbocycles. The van der Waals surface area contributed by atoms with E-state index in [0.29, 0.717) is 26.2 Å². The predicted molar refractivity (Wildman–Crippen MR) is 171 cm³/mol. The molecule has 0 spiro atoms. The highest BCUT2D eigenvalue weighted by atomic mass is 35.5. The highest BCUT2D eigenvalue weighted by Gasteiger charge is 2.69. The maximum Gasteiger partial charge on any atom is 0.283 e. The zero-order chi connectivity index (χ0) is 30.8. The molecular weight excluding hydrogens is 544 g/mol. The number of carbonyl (C=O) groups excluding carboxylic acids is 1. The summed E-state index contributed by atoms with van der Waals surface area (Å²) in [5.41, 5.74) is 0.0153. The summed E-state index contributed by atoms with van der Waals surface area (Å²) in [5.74, 6) is -3.12.